The van der Waals surface area contributed by atoms with Crippen LogP contribution in [-0.2, 0) is 6.42 Å². The number of fused-ring (bicyclic) bond motifs is 1. The molecular formula is C12H12Cl3N3. The van der Waals surface area contributed by atoms with Crippen molar-refractivity contribution in [3.63, 3.8) is 0 Å². The summed E-state index contributed by atoms with van der Waals surface area (Å²) < 4.78 is 0. The second kappa shape index (κ2) is 5.10. The Morgan fingerprint density at radius 2 is 1.94 bits per heavy atom. The van der Waals surface area contributed by atoms with Crippen LogP contribution in [0.4, 0.5) is 5.69 Å². The van der Waals surface area contributed by atoms with Crippen molar-refractivity contribution in [3.05, 3.63) is 32.4 Å². The van der Waals surface area contributed by atoms with Crippen LogP contribution in [-0.4, -0.2) is 4.98 Å². The Morgan fingerprint density at radius 1 is 1.28 bits per heavy atom. The van der Waals surface area contributed by atoms with Crippen LogP contribution in [0.25, 0.3) is 10.9 Å². The van der Waals surface area contributed by atoms with Gasteiger partial charge in [0, 0.05) is 11.1 Å². The number of rotatable bonds is 2. The highest BCUT2D eigenvalue weighted by Crippen LogP contribution is 2.40. The van der Waals surface area contributed by atoms with Gasteiger partial charge >= 0.3 is 0 Å². The number of aromatic nitrogens is 1. The maximum absolute atomic E-state index is 6.22. The Kier molecular flexibility index (Phi) is 3.87. The van der Waals surface area contributed by atoms with Gasteiger partial charge in [0.2, 0.25) is 0 Å². The van der Waals surface area contributed by atoms with Crippen molar-refractivity contribution < 1.29 is 0 Å². The van der Waals surface area contributed by atoms with E-state index in [9.17, 15) is 0 Å². The van der Waals surface area contributed by atoms with E-state index < -0.39 is 0 Å². The van der Waals surface area contributed by atoms with E-state index in [-0.39, 0.29) is 0 Å². The third kappa shape index (κ3) is 2.01. The standard InChI is InChI=1S/C12H12Cl3N3/c1-3-8-5(2)11(18-16)9-10(15)6(13)4-7(14)12(9)17-8/h4H,3,16H2,1-2H3,(H,17,18). The van der Waals surface area contributed by atoms with E-state index in [4.69, 9.17) is 40.6 Å². The number of nitrogens with two attached hydrogens (primary N) is 1. The average Bonchev–Trinajstić information content (AvgIpc) is 2.35. The summed E-state index contributed by atoms with van der Waals surface area (Å²) in [7, 11) is 0. The lowest BCUT2D eigenvalue weighted by atomic mass is 10.1. The predicted molar refractivity (Wildman–Crippen MR) is 78.7 cm³/mol. The summed E-state index contributed by atoms with van der Waals surface area (Å²) in [6.07, 6.45) is 0.785. The van der Waals surface area contributed by atoms with E-state index in [2.05, 4.69) is 10.4 Å². The summed E-state index contributed by atoms with van der Waals surface area (Å²) >= 11 is 18.4. The molecule has 0 atom stereocenters. The van der Waals surface area contributed by atoms with E-state index in [1.807, 2.05) is 13.8 Å². The molecule has 96 valence electrons. The molecule has 0 bridgehead atoms. The molecule has 0 radical (unpaired) electrons. The first-order chi connectivity index (χ1) is 8.51. The van der Waals surface area contributed by atoms with E-state index in [1.165, 1.54) is 0 Å². The SMILES string of the molecule is CCc1nc2c(Cl)cc(Cl)c(Cl)c2c(NN)c1C. The van der Waals surface area contributed by atoms with Crippen molar-refractivity contribution in [1.29, 1.82) is 0 Å². The molecule has 1 aromatic heterocycles. The number of hydrazine groups is 1. The summed E-state index contributed by atoms with van der Waals surface area (Å²) in [5.74, 6) is 5.59. The van der Waals surface area contributed by atoms with E-state index in [0.717, 1.165) is 17.7 Å². The van der Waals surface area contributed by atoms with Crippen molar-refractivity contribution in [1.82, 2.24) is 4.98 Å². The molecular weight excluding hydrogens is 293 g/mol. The minimum Gasteiger partial charge on any atom is -0.323 e. The molecule has 0 fully saturated rings. The summed E-state index contributed by atoms with van der Waals surface area (Å²) in [4.78, 5) is 4.53. The lowest BCUT2D eigenvalue weighted by molar-refractivity contribution is 1.03. The molecule has 0 unspecified atom stereocenters. The number of hydrogen-bond acceptors (Lipinski definition) is 3. The van der Waals surface area contributed by atoms with Crippen LogP contribution in [0.3, 0.4) is 0 Å². The Hall–Kier alpha value is -0.740. The maximum atomic E-state index is 6.22. The van der Waals surface area contributed by atoms with E-state index in [1.54, 1.807) is 6.07 Å². The first kappa shape index (κ1) is 13.7. The third-order valence-corrected chi connectivity index (χ3v) is 4.01. The van der Waals surface area contributed by atoms with Crippen LogP contribution in [0.15, 0.2) is 6.07 Å². The molecule has 0 saturated carbocycles. The predicted octanol–water partition coefficient (Wildman–Crippen LogP) is 4.35. The fourth-order valence-electron chi connectivity index (χ4n) is 2.00. The fraction of sp³-hybridized carbons (Fsp3) is 0.250. The van der Waals surface area contributed by atoms with Gasteiger partial charge in [0.05, 0.1) is 26.3 Å². The first-order valence-corrected chi connectivity index (χ1v) is 6.57. The van der Waals surface area contributed by atoms with Crippen LogP contribution in [0, 0.1) is 6.92 Å². The Balaban J connectivity index is 3.02. The van der Waals surface area contributed by atoms with Crippen molar-refractivity contribution in [2.24, 2.45) is 5.84 Å². The number of pyridine rings is 1. The van der Waals surface area contributed by atoms with Gasteiger partial charge in [-0.25, -0.2) is 0 Å². The molecule has 0 aliphatic carbocycles. The van der Waals surface area contributed by atoms with Gasteiger partial charge in [-0.2, -0.15) is 0 Å². The molecule has 3 nitrogen and oxygen atoms in total. The highest BCUT2D eigenvalue weighted by atomic mass is 35.5. The highest BCUT2D eigenvalue weighted by Gasteiger charge is 2.17. The zero-order valence-electron chi connectivity index (χ0n) is 9.94. The van der Waals surface area contributed by atoms with Crippen LogP contribution in [0.5, 0.6) is 0 Å². The molecule has 3 N–H and O–H groups in total. The first-order valence-electron chi connectivity index (χ1n) is 5.44. The lowest BCUT2D eigenvalue weighted by Gasteiger charge is -2.15. The summed E-state index contributed by atoms with van der Waals surface area (Å²) in [5.41, 5.74) is 5.87. The maximum Gasteiger partial charge on any atom is 0.0929 e. The van der Waals surface area contributed by atoms with E-state index in [0.29, 0.717) is 31.7 Å². The average molecular weight is 305 g/mol. The summed E-state index contributed by atoms with van der Waals surface area (Å²) in [5, 5.41) is 1.91. The molecule has 18 heavy (non-hydrogen) atoms. The Labute approximate surface area is 120 Å². The number of halogens is 3. The smallest absolute Gasteiger partial charge is 0.0929 e. The second-order valence-electron chi connectivity index (χ2n) is 3.93. The largest absolute Gasteiger partial charge is 0.323 e. The molecule has 6 heteroatoms. The van der Waals surface area contributed by atoms with Gasteiger partial charge in [-0.1, -0.05) is 41.7 Å². The van der Waals surface area contributed by atoms with E-state index >= 15 is 0 Å². The monoisotopic (exact) mass is 303 g/mol. The number of anilines is 1. The zero-order valence-corrected chi connectivity index (χ0v) is 12.2. The molecule has 1 aromatic carbocycles. The Bertz CT molecular complexity index is 626. The van der Waals surface area contributed by atoms with Gasteiger partial charge in [-0.3, -0.25) is 10.8 Å². The van der Waals surface area contributed by atoms with Gasteiger partial charge < -0.3 is 5.43 Å². The number of hydrogen-bond donors (Lipinski definition) is 2. The highest BCUT2D eigenvalue weighted by molar-refractivity contribution is 6.48. The lowest BCUT2D eigenvalue weighted by Crippen LogP contribution is -2.11. The zero-order chi connectivity index (χ0) is 13.4. The number of nitrogen functional groups attached to an aromatic ring is 1. The number of benzene rings is 1. The summed E-state index contributed by atoms with van der Waals surface area (Å²) in [6.45, 7) is 3.96. The van der Waals surface area contributed by atoms with Gasteiger partial charge in [0.15, 0.2) is 0 Å². The number of aryl methyl sites for hydroxylation is 1. The van der Waals surface area contributed by atoms with Crippen molar-refractivity contribution >= 4 is 51.4 Å². The van der Waals surface area contributed by atoms with Crippen molar-refractivity contribution in [3.8, 4) is 0 Å². The number of nitrogens with zero attached hydrogens (tertiary/aromatic N) is 1. The van der Waals surface area contributed by atoms with Gasteiger partial charge in [-0.05, 0) is 25.0 Å². The van der Waals surface area contributed by atoms with Gasteiger partial charge in [-0.15, -0.1) is 0 Å². The van der Waals surface area contributed by atoms with Gasteiger partial charge in [0.25, 0.3) is 0 Å². The summed E-state index contributed by atoms with van der Waals surface area (Å²) in [6, 6.07) is 1.59. The van der Waals surface area contributed by atoms with Crippen LogP contribution < -0.4 is 11.3 Å². The second-order valence-corrected chi connectivity index (χ2v) is 5.13. The topological polar surface area (TPSA) is 50.9 Å². The van der Waals surface area contributed by atoms with Crippen molar-refractivity contribution in [2.45, 2.75) is 20.3 Å². The normalized spacial score (nSPS) is 11.0. The molecule has 0 saturated heterocycles. The molecule has 2 rings (SSSR count). The van der Waals surface area contributed by atoms with Crippen LogP contribution in [0.1, 0.15) is 18.2 Å². The minimum atomic E-state index is 0.385. The quantitative estimate of drug-likeness (QED) is 0.492. The molecule has 2 aromatic rings. The molecule has 1 heterocycles. The third-order valence-electron chi connectivity index (χ3n) is 2.93. The Morgan fingerprint density at radius 3 is 2.50 bits per heavy atom. The fourth-order valence-corrected chi connectivity index (χ4v) is 2.74. The minimum absolute atomic E-state index is 0.385. The number of nitrogens with one attached hydrogen (secondary N) is 1. The molecule has 0 amide bonds. The van der Waals surface area contributed by atoms with Gasteiger partial charge in [0.1, 0.15) is 0 Å². The van der Waals surface area contributed by atoms with Crippen LogP contribution in [0.2, 0.25) is 15.1 Å². The van der Waals surface area contributed by atoms with Crippen molar-refractivity contribution in [2.75, 3.05) is 5.43 Å². The van der Waals surface area contributed by atoms with Crippen LogP contribution >= 0.6 is 34.8 Å². The molecule has 0 aliphatic rings. The molecule has 0 spiro atoms. The molecule has 0 aliphatic heterocycles.